The van der Waals surface area contributed by atoms with Gasteiger partial charge in [0.25, 0.3) is 0 Å². The van der Waals surface area contributed by atoms with Crippen molar-refractivity contribution in [3.8, 4) is 6.07 Å². The van der Waals surface area contributed by atoms with Gasteiger partial charge in [-0.3, -0.25) is 4.40 Å². The van der Waals surface area contributed by atoms with Gasteiger partial charge in [-0.15, -0.1) is 0 Å². The van der Waals surface area contributed by atoms with Gasteiger partial charge in [-0.05, 0) is 30.9 Å². The van der Waals surface area contributed by atoms with Gasteiger partial charge in [0.15, 0.2) is 5.69 Å². The summed E-state index contributed by atoms with van der Waals surface area (Å²) < 4.78 is 2.05. The first-order chi connectivity index (χ1) is 10.2. The number of rotatable bonds is 0. The predicted molar refractivity (Wildman–Crippen MR) is 84.4 cm³/mol. The Morgan fingerprint density at radius 2 is 1.81 bits per heavy atom. The Labute approximate surface area is 122 Å². The van der Waals surface area contributed by atoms with E-state index in [-0.39, 0.29) is 0 Å². The SMILES string of the molecule is Cc1cc(C)c2c(c1)c1ccccc1c1nc(C#N)cn12. The Kier molecular flexibility index (Phi) is 2.31. The van der Waals surface area contributed by atoms with Crippen LogP contribution in [-0.2, 0) is 0 Å². The number of pyridine rings is 1. The number of benzene rings is 2. The third-order valence-corrected chi connectivity index (χ3v) is 3.96. The molecule has 0 aliphatic heterocycles. The van der Waals surface area contributed by atoms with Gasteiger partial charge in [-0.2, -0.15) is 5.26 Å². The monoisotopic (exact) mass is 271 g/mol. The molecule has 21 heavy (non-hydrogen) atoms. The topological polar surface area (TPSA) is 41.1 Å². The van der Waals surface area contributed by atoms with Crippen LogP contribution in [0.1, 0.15) is 16.8 Å². The molecule has 0 atom stereocenters. The summed E-state index contributed by atoms with van der Waals surface area (Å²) in [5.41, 5.74) is 4.87. The lowest BCUT2D eigenvalue weighted by atomic mass is 10.0. The highest BCUT2D eigenvalue weighted by atomic mass is 15.0. The van der Waals surface area contributed by atoms with Gasteiger partial charge in [0.2, 0.25) is 0 Å². The molecule has 0 spiro atoms. The van der Waals surface area contributed by atoms with Crippen LogP contribution in [0.25, 0.3) is 27.3 Å². The maximum Gasteiger partial charge on any atom is 0.159 e. The zero-order valence-corrected chi connectivity index (χ0v) is 11.9. The molecule has 0 fully saturated rings. The number of hydrogen-bond acceptors (Lipinski definition) is 2. The van der Waals surface area contributed by atoms with Crippen molar-refractivity contribution < 1.29 is 0 Å². The molecule has 0 saturated heterocycles. The number of nitrogens with zero attached hydrogens (tertiary/aromatic N) is 3. The molecule has 0 unspecified atom stereocenters. The molecule has 0 N–H and O–H groups in total. The Morgan fingerprint density at radius 3 is 2.57 bits per heavy atom. The summed E-state index contributed by atoms with van der Waals surface area (Å²) in [5, 5.41) is 12.6. The lowest BCUT2D eigenvalue weighted by Crippen LogP contribution is -1.93. The maximum absolute atomic E-state index is 9.17. The Morgan fingerprint density at radius 1 is 1.05 bits per heavy atom. The largest absolute Gasteiger partial charge is 0.297 e. The first-order valence-corrected chi connectivity index (χ1v) is 6.90. The highest BCUT2D eigenvalue weighted by Crippen LogP contribution is 2.31. The Hall–Kier alpha value is -2.86. The van der Waals surface area contributed by atoms with E-state index in [9.17, 15) is 5.26 Å². The minimum atomic E-state index is 0.452. The van der Waals surface area contributed by atoms with Crippen LogP contribution in [0.4, 0.5) is 0 Å². The molecule has 4 rings (SSSR count). The molecule has 4 aromatic rings. The minimum absolute atomic E-state index is 0.452. The van der Waals surface area contributed by atoms with Gasteiger partial charge in [-0.1, -0.05) is 35.9 Å². The van der Waals surface area contributed by atoms with E-state index in [4.69, 9.17) is 0 Å². The molecule has 3 heteroatoms. The second kappa shape index (κ2) is 4.07. The van der Waals surface area contributed by atoms with Crippen molar-refractivity contribution in [3.63, 3.8) is 0 Å². The lowest BCUT2D eigenvalue weighted by Gasteiger charge is -2.11. The normalized spacial score (nSPS) is 11.3. The van der Waals surface area contributed by atoms with Crippen molar-refractivity contribution in [2.24, 2.45) is 0 Å². The summed E-state index contributed by atoms with van der Waals surface area (Å²) in [5.74, 6) is 0. The maximum atomic E-state index is 9.17. The second-order valence-electron chi connectivity index (χ2n) is 5.46. The quantitative estimate of drug-likeness (QED) is 0.451. The zero-order valence-electron chi connectivity index (χ0n) is 11.9. The second-order valence-corrected chi connectivity index (χ2v) is 5.46. The molecule has 0 radical (unpaired) electrons. The van der Waals surface area contributed by atoms with E-state index in [0.717, 1.165) is 16.6 Å². The average Bonchev–Trinajstić information content (AvgIpc) is 2.91. The smallest absolute Gasteiger partial charge is 0.159 e. The van der Waals surface area contributed by atoms with Crippen molar-refractivity contribution in [1.82, 2.24) is 9.38 Å². The molecule has 0 aliphatic carbocycles. The predicted octanol–water partition coefficient (Wildman–Crippen LogP) is 4.13. The van der Waals surface area contributed by atoms with E-state index in [1.54, 1.807) is 0 Å². The molecule has 0 aliphatic rings. The van der Waals surface area contributed by atoms with Crippen molar-refractivity contribution in [2.75, 3.05) is 0 Å². The van der Waals surface area contributed by atoms with Gasteiger partial charge < -0.3 is 0 Å². The van der Waals surface area contributed by atoms with E-state index in [1.165, 1.54) is 21.9 Å². The molecule has 0 bridgehead atoms. The summed E-state index contributed by atoms with van der Waals surface area (Å²) in [4.78, 5) is 4.47. The van der Waals surface area contributed by atoms with Crippen LogP contribution in [0, 0.1) is 25.2 Å². The summed E-state index contributed by atoms with van der Waals surface area (Å²) in [6.07, 6.45) is 1.83. The molecular formula is C18H13N3. The van der Waals surface area contributed by atoms with E-state index in [0.29, 0.717) is 5.69 Å². The number of aromatic nitrogens is 2. The highest BCUT2D eigenvalue weighted by molar-refractivity contribution is 6.12. The van der Waals surface area contributed by atoms with Gasteiger partial charge >= 0.3 is 0 Å². The van der Waals surface area contributed by atoms with Crippen LogP contribution in [0.2, 0.25) is 0 Å². The first kappa shape index (κ1) is 11.9. The highest BCUT2D eigenvalue weighted by Gasteiger charge is 2.13. The number of fused-ring (bicyclic) bond motifs is 6. The third kappa shape index (κ3) is 1.56. The van der Waals surface area contributed by atoms with Crippen molar-refractivity contribution in [2.45, 2.75) is 13.8 Å². The van der Waals surface area contributed by atoms with E-state index in [1.807, 2.05) is 22.7 Å². The minimum Gasteiger partial charge on any atom is -0.297 e. The molecule has 2 aromatic carbocycles. The fraction of sp³-hybridized carbons (Fsp3) is 0.111. The van der Waals surface area contributed by atoms with Gasteiger partial charge in [-0.25, -0.2) is 4.98 Å². The number of hydrogen-bond donors (Lipinski definition) is 0. The summed E-state index contributed by atoms with van der Waals surface area (Å²) in [6, 6.07) is 14.8. The number of aryl methyl sites for hydroxylation is 2. The van der Waals surface area contributed by atoms with Gasteiger partial charge in [0.1, 0.15) is 11.7 Å². The van der Waals surface area contributed by atoms with Crippen LogP contribution < -0.4 is 0 Å². The molecule has 2 heterocycles. The standard InChI is InChI=1S/C18H13N3/c1-11-7-12(2)17-16(8-11)14-5-3-4-6-15(14)18-20-13(9-19)10-21(17)18/h3-8,10H,1-2H3. The van der Waals surface area contributed by atoms with Crippen LogP contribution in [0.5, 0.6) is 0 Å². The molecule has 2 aromatic heterocycles. The van der Waals surface area contributed by atoms with Crippen LogP contribution in [0.3, 0.4) is 0 Å². The van der Waals surface area contributed by atoms with E-state index >= 15 is 0 Å². The fourth-order valence-electron chi connectivity index (χ4n) is 3.19. The summed E-state index contributed by atoms with van der Waals surface area (Å²) >= 11 is 0. The molecule has 0 amide bonds. The van der Waals surface area contributed by atoms with E-state index < -0.39 is 0 Å². The van der Waals surface area contributed by atoms with Crippen LogP contribution in [0.15, 0.2) is 42.6 Å². The first-order valence-electron chi connectivity index (χ1n) is 6.90. The fourth-order valence-corrected chi connectivity index (χ4v) is 3.19. The average molecular weight is 271 g/mol. The molecule has 100 valence electrons. The molecule has 0 saturated carbocycles. The lowest BCUT2D eigenvalue weighted by molar-refractivity contribution is 1.24. The third-order valence-electron chi connectivity index (χ3n) is 3.96. The van der Waals surface area contributed by atoms with Crippen molar-refractivity contribution >= 4 is 27.3 Å². The van der Waals surface area contributed by atoms with Crippen LogP contribution >= 0.6 is 0 Å². The van der Waals surface area contributed by atoms with Crippen molar-refractivity contribution in [3.05, 3.63) is 59.4 Å². The van der Waals surface area contributed by atoms with Crippen LogP contribution in [-0.4, -0.2) is 9.38 Å². The van der Waals surface area contributed by atoms with Gasteiger partial charge in [0.05, 0.1) is 5.52 Å². The summed E-state index contributed by atoms with van der Waals surface area (Å²) in [7, 11) is 0. The van der Waals surface area contributed by atoms with Crippen molar-refractivity contribution in [1.29, 1.82) is 5.26 Å². The Balaban J connectivity index is 2.42. The number of nitriles is 1. The molecular weight excluding hydrogens is 258 g/mol. The summed E-state index contributed by atoms with van der Waals surface area (Å²) in [6.45, 7) is 4.22. The Bertz CT molecular complexity index is 1060. The zero-order chi connectivity index (χ0) is 14.6. The number of imidazole rings is 1. The van der Waals surface area contributed by atoms with E-state index in [2.05, 4.69) is 49.2 Å². The molecule has 3 nitrogen and oxygen atoms in total. The van der Waals surface area contributed by atoms with Gasteiger partial charge in [0, 0.05) is 17.0 Å².